The molecule has 1 amide bonds. The molecular formula is C21H26N6O2. The maximum Gasteiger partial charge on any atom is 0.274 e. The van der Waals surface area contributed by atoms with Gasteiger partial charge in [0.2, 0.25) is 5.95 Å². The van der Waals surface area contributed by atoms with Crippen LogP contribution in [0.5, 0.6) is 0 Å². The molecule has 152 valence electrons. The number of carbonyl (C=O) groups is 1. The van der Waals surface area contributed by atoms with Crippen molar-refractivity contribution in [2.24, 2.45) is 5.92 Å². The maximum atomic E-state index is 13.0. The van der Waals surface area contributed by atoms with Gasteiger partial charge in [-0.3, -0.25) is 9.78 Å². The standard InChI is InChI=1S/C21H26N6O2/c1-13-7-23-17(9-22-13)19(28)27-6-5-21(11-27)12-29-10-16-14(2)25-20(26-18(16)21)24-8-15-3-4-15/h7,9,15H,3-6,8,10-12H2,1-2H3,(H,24,25,26). The lowest BCUT2D eigenvalue weighted by molar-refractivity contribution is 0.0480. The van der Waals surface area contributed by atoms with Crippen molar-refractivity contribution < 1.29 is 9.53 Å². The summed E-state index contributed by atoms with van der Waals surface area (Å²) in [5, 5.41) is 3.41. The number of likely N-dealkylation sites (tertiary alicyclic amines) is 1. The molecule has 5 rings (SSSR count). The van der Waals surface area contributed by atoms with Crippen molar-refractivity contribution in [2.45, 2.75) is 45.1 Å². The molecule has 0 bridgehead atoms. The molecule has 3 aliphatic rings. The van der Waals surface area contributed by atoms with E-state index in [2.05, 4.69) is 20.3 Å². The van der Waals surface area contributed by atoms with E-state index >= 15 is 0 Å². The first-order chi connectivity index (χ1) is 14.0. The van der Waals surface area contributed by atoms with Gasteiger partial charge >= 0.3 is 0 Å². The average Bonchev–Trinajstić information content (AvgIpc) is 3.46. The Hall–Kier alpha value is -2.61. The fraction of sp³-hybridized carbons (Fsp3) is 0.571. The lowest BCUT2D eigenvalue weighted by Gasteiger charge is -2.35. The second-order valence-corrected chi connectivity index (χ2v) is 8.58. The molecule has 8 heteroatoms. The third-order valence-electron chi connectivity index (χ3n) is 6.23. The summed E-state index contributed by atoms with van der Waals surface area (Å²) in [4.78, 5) is 32.8. The van der Waals surface area contributed by atoms with Gasteiger partial charge in [0, 0.05) is 37.1 Å². The molecule has 29 heavy (non-hydrogen) atoms. The first-order valence-electron chi connectivity index (χ1n) is 10.3. The van der Waals surface area contributed by atoms with Gasteiger partial charge in [0.25, 0.3) is 5.91 Å². The molecule has 1 N–H and O–H groups in total. The minimum absolute atomic E-state index is 0.0839. The Morgan fingerprint density at radius 2 is 2.14 bits per heavy atom. The van der Waals surface area contributed by atoms with Crippen LogP contribution >= 0.6 is 0 Å². The highest BCUT2D eigenvalue weighted by atomic mass is 16.5. The summed E-state index contributed by atoms with van der Waals surface area (Å²) in [5.41, 5.74) is 3.96. The van der Waals surface area contributed by atoms with Crippen LogP contribution < -0.4 is 5.32 Å². The molecule has 0 radical (unpaired) electrons. The van der Waals surface area contributed by atoms with E-state index in [1.807, 2.05) is 18.7 Å². The summed E-state index contributed by atoms with van der Waals surface area (Å²) < 4.78 is 5.95. The van der Waals surface area contributed by atoms with Gasteiger partial charge in [0.05, 0.1) is 36.2 Å². The van der Waals surface area contributed by atoms with Crippen molar-refractivity contribution in [2.75, 3.05) is 31.6 Å². The number of nitrogens with one attached hydrogen (secondary N) is 1. The van der Waals surface area contributed by atoms with E-state index in [1.54, 1.807) is 12.4 Å². The Morgan fingerprint density at radius 3 is 2.90 bits per heavy atom. The predicted molar refractivity (Wildman–Crippen MR) is 107 cm³/mol. The maximum absolute atomic E-state index is 13.0. The van der Waals surface area contributed by atoms with Crippen molar-refractivity contribution in [1.82, 2.24) is 24.8 Å². The van der Waals surface area contributed by atoms with E-state index in [0.29, 0.717) is 37.9 Å². The zero-order valence-corrected chi connectivity index (χ0v) is 16.9. The molecule has 2 aromatic rings. The number of hydrogen-bond acceptors (Lipinski definition) is 7. The third-order valence-corrected chi connectivity index (χ3v) is 6.23. The third kappa shape index (κ3) is 3.46. The summed E-state index contributed by atoms with van der Waals surface area (Å²) in [6.45, 7) is 7.14. The largest absolute Gasteiger partial charge is 0.376 e. The second-order valence-electron chi connectivity index (χ2n) is 8.58. The highest BCUT2D eigenvalue weighted by Gasteiger charge is 2.47. The van der Waals surface area contributed by atoms with Gasteiger partial charge in [-0.05, 0) is 39.0 Å². The fourth-order valence-corrected chi connectivity index (χ4v) is 4.28. The smallest absolute Gasteiger partial charge is 0.274 e. The minimum Gasteiger partial charge on any atom is -0.376 e. The van der Waals surface area contributed by atoms with Crippen LogP contribution in [0.1, 0.15) is 52.4 Å². The summed E-state index contributed by atoms with van der Waals surface area (Å²) >= 11 is 0. The van der Waals surface area contributed by atoms with Gasteiger partial charge in [-0.2, -0.15) is 0 Å². The molecule has 1 saturated carbocycles. The van der Waals surface area contributed by atoms with E-state index in [-0.39, 0.29) is 11.3 Å². The topological polar surface area (TPSA) is 93.1 Å². The average molecular weight is 394 g/mol. The number of amides is 1. The Bertz CT molecular complexity index is 943. The lowest BCUT2D eigenvalue weighted by Crippen LogP contribution is -2.42. The first kappa shape index (κ1) is 18.4. The van der Waals surface area contributed by atoms with Crippen molar-refractivity contribution in [3.8, 4) is 0 Å². The second kappa shape index (κ2) is 7.02. The first-order valence-corrected chi connectivity index (χ1v) is 10.3. The van der Waals surface area contributed by atoms with Crippen LogP contribution in [0.2, 0.25) is 0 Å². The monoisotopic (exact) mass is 394 g/mol. The van der Waals surface area contributed by atoms with Gasteiger partial charge in [0.1, 0.15) is 5.69 Å². The Morgan fingerprint density at radius 1 is 1.28 bits per heavy atom. The van der Waals surface area contributed by atoms with Crippen LogP contribution in [-0.2, 0) is 16.8 Å². The number of hydrogen-bond donors (Lipinski definition) is 1. The van der Waals surface area contributed by atoms with Gasteiger partial charge in [0.15, 0.2) is 0 Å². The normalized spacial score (nSPS) is 23.3. The van der Waals surface area contributed by atoms with Gasteiger partial charge in [-0.25, -0.2) is 15.0 Å². The summed E-state index contributed by atoms with van der Waals surface area (Å²) in [6, 6.07) is 0. The molecule has 1 aliphatic carbocycles. The van der Waals surface area contributed by atoms with E-state index in [0.717, 1.165) is 41.5 Å². The molecule has 1 atom stereocenters. The number of ether oxygens (including phenoxy) is 1. The Labute approximate surface area is 170 Å². The number of rotatable bonds is 4. The van der Waals surface area contributed by atoms with Crippen LogP contribution in [0.25, 0.3) is 0 Å². The van der Waals surface area contributed by atoms with E-state index in [4.69, 9.17) is 9.72 Å². The number of aryl methyl sites for hydroxylation is 2. The zero-order valence-electron chi connectivity index (χ0n) is 16.9. The van der Waals surface area contributed by atoms with Crippen molar-refractivity contribution in [1.29, 1.82) is 0 Å². The van der Waals surface area contributed by atoms with Gasteiger partial charge < -0.3 is 15.0 Å². The molecule has 2 fully saturated rings. The van der Waals surface area contributed by atoms with E-state index in [1.165, 1.54) is 12.8 Å². The quantitative estimate of drug-likeness (QED) is 0.848. The molecule has 2 aliphatic heterocycles. The van der Waals surface area contributed by atoms with Crippen LogP contribution in [0.4, 0.5) is 5.95 Å². The molecule has 1 unspecified atom stereocenters. The summed E-state index contributed by atoms with van der Waals surface area (Å²) in [7, 11) is 0. The molecule has 1 spiro atoms. The number of nitrogens with zero attached hydrogens (tertiary/aromatic N) is 5. The molecule has 2 aromatic heterocycles. The van der Waals surface area contributed by atoms with Crippen LogP contribution in [0.3, 0.4) is 0 Å². The van der Waals surface area contributed by atoms with Crippen LogP contribution in [0, 0.1) is 19.8 Å². The van der Waals surface area contributed by atoms with Crippen molar-refractivity contribution in [3.63, 3.8) is 0 Å². The fourth-order valence-electron chi connectivity index (χ4n) is 4.28. The minimum atomic E-state index is -0.287. The highest BCUT2D eigenvalue weighted by Crippen LogP contribution is 2.40. The lowest BCUT2D eigenvalue weighted by atomic mass is 9.80. The van der Waals surface area contributed by atoms with Crippen LogP contribution in [-0.4, -0.2) is 57.0 Å². The van der Waals surface area contributed by atoms with E-state index < -0.39 is 0 Å². The van der Waals surface area contributed by atoms with Gasteiger partial charge in [-0.1, -0.05) is 0 Å². The summed E-state index contributed by atoms with van der Waals surface area (Å²) in [6.07, 6.45) is 6.58. The predicted octanol–water partition coefficient (Wildman–Crippen LogP) is 2.02. The van der Waals surface area contributed by atoms with E-state index in [9.17, 15) is 4.79 Å². The van der Waals surface area contributed by atoms with Crippen molar-refractivity contribution in [3.05, 3.63) is 40.7 Å². The number of anilines is 1. The zero-order chi connectivity index (χ0) is 20.0. The molecule has 8 nitrogen and oxygen atoms in total. The summed E-state index contributed by atoms with van der Waals surface area (Å²) in [5.74, 6) is 1.37. The number of fused-ring (bicyclic) bond motifs is 2. The van der Waals surface area contributed by atoms with Crippen molar-refractivity contribution >= 4 is 11.9 Å². The number of carbonyl (C=O) groups excluding carboxylic acids is 1. The molecule has 1 saturated heterocycles. The Kier molecular flexibility index (Phi) is 4.46. The van der Waals surface area contributed by atoms with Gasteiger partial charge in [-0.15, -0.1) is 0 Å². The molecule has 0 aromatic carbocycles. The molecular weight excluding hydrogens is 368 g/mol. The number of aromatic nitrogens is 4. The highest BCUT2D eigenvalue weighted by molar-refractivity contribution is 5.92. The molecule has 4 heterocycles. The Balaban J connectivity index is 1.41. The SMILES string of the molecule is Cc1cnc(C(=O)N2CCC3(COCc4c(C)nc(NCC5CC5)nc43)C2)cn1. The van der Waals surface area contributed by atoms with Crippen LogP contribution in [0.15, 0.2) is 12.4 Å².